The van der Waals surface area contributed by atoms with E-state index in [-0.39, 0.29) is 18.2 Å². The first kappa shape index (κ1) is 20.3. The Morgan fingerprint density at radius 2 is 2.07 bits per heavy atom. The third-order valence-electron chi connectivity index (χ3n) is 4.01. The van der Waals surface area contributed by atoms with Crippen LogP contribution in [0.1, 0.15) is 16.8 Å². The van der Waals surface area contributed by atoms with Crippen molar-refractivity contribution in [2.45, 2.75) is 20.1 Å². The molecule has 0 bridgehead atoms. The number of carbonyl (C=O) groups is 1. The Bertz CT molecular complexity index is 1070. The molecule has 0 spiro atoms. The van der Waals surface area contributed by atoms with E-state index in [0.29, 0.717) is 23.6 Å². The van der Waals surface area contributed by atoms with Gasteiger partial charge < -0.3 is 14.6 Å². The number of hydrogen-bond acceptors (Lipinski definition) is 6. The molecule has 29 heavy (non-hydrogen) atoms. The summed E-state index contributed by atoms with van der Waals surface area (Å²) < 4.78 is 12.9. The van der Waals surface area contributed by atoms with Crippen LogP contribution in [0.3, 0.4) is 0 Å². The van der Waals surface area contributed by atoms with Crippen molar-refractivity contribution in [3.63, 3.8) is 0 Å². The second-order valence-corrected chi connectivity index (χ2v) is 7.03. The molecule has 0 aliphatic rings. The maximum Gasteiger partial charge on any atom is 0.512 e. The van der Waals surface area contributed by atoms with Crippen molar-refractivity contribution >= 4 is 27.8 Å². The predicted molar refractivity (Wildman–Crippen MR) is 106 cm³/mol. The third-order valence-corrected chi connectivity index (χ3v) is 4.50. The van der Waals surface area contributed by atoms with Crippen molar-refractivity contribution in [3.8, 4) is 11.6 Å². The van der Waals surface area contributed by atoms with Gasteiger partial charge in [-0.05, 0) is 30.7 Å². The Morgan fingerprint density at radius 1 is 1.28 bits per heavy atom. The fourth-order valence-electron chi connectivity index (χ4n) is 2.67. The average molecular weight is 462 g/mol. The highest BCUT2D eigenvalue weighted by Crippen LogP contribution is 2.26. The highest BCUT2D eigenvalue weighted by molar-refractivity contribution is 9.10. The molecule has 0 amide bonds. The van der Waals surface area contributed by atoms with Crippen LogP contribution < -0.4 is 9.47 Å². The molecule has 0 saturated heterocycles. The summed E-state index contributed by atoms with van der Waals surface area (Å²) in [5.74, 6) is 0.569. The number of ether oxygens (including phenoxy) is 2. The lowest BCUT2D eigenvalue weighted by Gasteiger charge is -2.13. The van der Waals surface area contributed by atoms with Crippen LogP contribution in [-0.2, 0) is 13.2 Å². The molecule has 10 heteroatoms. The Balaban J connectivity index is 1.80. The Morgan fingerprint density at radius 3 is 2.79 bits per heavy atom. The Labute approximate surface area is 173 Å². The van der Waals surface area contributed by atoms with E-state index in [1.165, 1.54) is 18.2 Å². The van der Waals surface area contributed by atoms with Crippen LogP contribution in [0.15, 0.2) is 53.0 Å². The topological polar surface area (TPSA) is 117 Å². The van der Waals surface area contributed by atoms with Gasteiger partial charge in [-0.1, -0.05) is 28.1 Å². The molecule has 3 aromatic rings. The summed E-state index contributed by atoms with van der Waals surface area (Å²) in [7, 11) is 0. The van der Waals surface area contributed by atoms with E-state index >= 15 is 0 Å². The number of benzene rings is 2. The second-order valence-electron chi connectivity index (χ2n) is 6.12. The minimum absolute atomic E-state index is 0.000236. The summed E-state index contributed by atoms with van der Waals surface area (Å²) in [5.41, 5.74) is 2.17. The van der Waals surface area contributed by atoms with Crippen molar-refractivity contribution in [1.82, 2.24) is 9.78 Å². The predicted octanol–water partition coefficient (Wildman–Crippen LogP) is 4.55. The number of aromatic nitrogens is 2. The van der Waals surface area contributed by atoms with E-state index in [9.17, 15) is 14.9 Å². The van der Waals surface area contributed by atoms with Gasteiger partial charge in [0, 0.05) is 33.9 Å². The van der Waals surface area contributed by atoms with E-state index in [2.05, 4.69) is 25.8 Å². The molecule has 0 fully saturated rings. The smallest absolute Gasteiger partial charge is 0.489 e. The van der Waals surface area contributed by atoms with Gasteiger partial charge in [0.2, 0.25) is 5.88 Å². The number of nitrogens with zero attached hydrogens (tertiary/aromatic N) is 3. The Hall–Kier alpha value is -3.40. The number of nitro groups is 1. The van der Waals surface area contributed by atoms with Crippen LogP contribution in [-0.4, -0.2) is 26.0 Å². The van der Waals surface area contributed by atoms with Gasteiger partial charge in [-0.25, -0.2) is 4.79 Å². The number of hydrogen-bond donors (Lipinski definition) is 1. The maximum absolute atomic E-state index is 10.9. The molecular formula is C19H16BrN3O6. The van der Waals surface area contributed by atoms with Gasteiger partial charge in [0.25, 0.3) is 5.69 Å². The van der Waals surface area contributed by atoms with Gasteiger partial charge >= 0.3 is 6.16 Å². The fraction of sp³-hybridized carbons (Fsp3) is 0.158. The van der Waals surface area contributed by atoms with Gasteiger partial charge in [0.15, 0.2) is 0 Å². The van der Waals surface area contributed by atoms with Gasteiger partial charge in [0.1, 0.15) is 12.4 Å². The zero-order chi connectivity index (χ0) is 21.0. The summed E-state index contributed by atoms with van der Waals surface area (Å²) in [6.45, 7) is 2.25. The van der Waals surface area contributed by atoms with E-state index in [1.54, 1.807) is 29.8 Å². The van der Waals surface area contributed by atoms with Crippen LogP contribution in [0, 0.1) is 17.0 Å². The number of carboxylic acid groups (broad SMARTS) is 1. The molecule has 150 valence electrons. The largest absolute Gasteiger partial charge is 0.512 e. The summed E-state index contributed by atoms with van der Waals surface area (Å²) in [5, 5.41) is 23.8. The molecule has 0 radical (unpaired) electrons. The van der Waals surface area contributed by atoms with Gasteiger partial charge in [-0.15, -0.1) is 5.10 Å². The van der Waals surface area contributed by atoms with E-state index < -0.39 is 11.1 Å². The van der Waals surface area contributed by atoms with Crippen LogP contribution in [0.4, 0.5) is 10.5 Å². The first-order valence-electron chi connectivity index (χ1n) is 8.41. The molecular weight excluding hydrogens is 446 g/mol. The highest BCUT2D eigenvalue weighted by Gasteiger charge is 2.13. The lowest BCUT2D eigenvalue weighted by molar-refractivity contribution is -0.384. The van der Waals surface area contributed by atoms with Crippen LogP contribution in [0.25, 0.3) is 0 Å². The lowest BCUT2D eigenvalue weighted by atomic mass is 10.2. The van der Waals surface area contributed by atoms with Crippen molar-refractivity contribution < 1.29 is 24.3 Å². The molecule has 0 aliphatic heterocycles. The molecule has 1 heterocycles. The molecule has 0 saturated carbocycles. The number of non-ortho nitro benzene ring substituents is 1. The summed E-state index contributed by atoms with van der Waals surface area (Å²) in [4.78, 5) is 21.2. The first-order valence-corrected chi connectivity index (χ1v) is 9.21. The second kappa shape index (κ2) is 8.74. The van der Waals surface area contributed by atoms with Crippen molar-refractivity contribution in [1.29, 1.82) is 0 Å². The fourth-order valence-corrected chi connectivity index (χ4v) is 3.08. The lowest BCUT2D eigenvalue weighted by Crippen LogP contribution is -2.08. The molecule has 2 aromatic carbocycles. The van der Waals surface area contributed by atoms with Crippen molar-refractivity contribution in [2.75, 3.05) is 0 Å². The summed E-state index contributed by atoms with van der Waals surface area (Å²) in [6, 6.07) is 13.2. The first-order chi connectivity index (χ1) is 13.8. The molecule has 3 rings (SSSR count). The maximum atomic E-state index is 10.9. The molecule has 9 nitrogen and oxygen atoms in total. The monoisotopic (exact) mass is 461 g/mol. The molecule has 1 aromatic heterocycles. The van der Waals surface area contributed by atoms with Gasteiger partial charge in [-0.3, -0.25) is 14.8 Å². The Kier molecular flexibility index (Phi) is 6.13. The van der Waals surface area contributed by atoms with Crippen molar-refractivity contribution in [2.24, 2.45) is 0 Å². The third kappa shape index (κ3) is 5.32. The number of rotatable bonds is 7. The molecule has 0 aliphatic carbocycles. The average Bonchev–Trinajstić information content (AvgIpc) is 2.99. The summed E-state index contributed by atoms with van der Waals surface area (Å²) in [6.07, 6.45) is -1.43. The van der Waals surface area contributed by atoms with Crippen LogP contribution >= 0.6 is 15.9 Å². The normalized spacial score (nSPS) is 10.6. The zero-order valence-electron chi connectivity index (χ0n) is 15.2. The standard InChI is InChI=1S/C19H16BrN3O6/c1-12-7-18(29-19(24)25)21-22(12)10-14-9-15(20)5-6-17(14)28-11-13-3-2-4-16(8-13)23(26)27/h2-9H,10-11H2,1H3,(H,24,25). The number of nitro benzene ring substituents is 1. The van der Waals surface area contributed by atoms with Gasteiger partial charge in [0.05, 0.1) is 11.5 Å². The van der Waals surface area contributed by atoms with Crippen LogP contribution in [0.5, 0.6) is 11.6 Å². The minimum atomic E-state index is -1.43. The minimum Gasteiger partial charge on any atom is -0.489 e. The molecule has 1 N–H and O–H groups in total. The molecule has 0 unspecified atom stereocenters. The quantitative estimate of drug-likeness (QED) is 0.311. The van der Waals surface area contributed by atoms with Gasteiger partial charge in [-0.2, -0.15) is 0 Å². The highest BCUT2D eigenvalue weighted by atomic mass is 79.9. The van der Waals surface area contributed by atoms with E-state index in [1.807, 2.05) is 12.1 Å². The summed E-state index contributed by atoms with van der Waals surface area (Å²) >= 11 is 3.43. The van der Waals surface area contributed by atoms with Crippen LogP contribution in [0.2, 0.25) is 0 Å². The SMILES string of the molecule is Cc1cc(OC(=O)O)nn1Cc1cc(Br)ccc1OCc1cccc([N+](=O)[O-])c1. The number of halogens is 1. The van der Waals surface area contributed by atoms with E-state index in [0.717, 1.165) is 10.0 Å². The number of aryl methyl sites for hydroxylation is 1. The van der Waals surface area contributed by atoms with E-state index in [4.69, 9.17) is 9.84 Å². The molecule has 0 atom stereocenters. The van der Waals surface area contributed by atoms with Crippen molar-refractivity contribution in [3.05, 3.63) is 79.9 Å². The zero-order valence-corrected chi connectivity index (χ0v) is 16.8.